The van der Waals surface area contributed by atoms with Crippen molar-refractivity contribution < 1.29 is 13.2 Å². The molecule has 1 aliphatic heterocycles. The average Bonchev–Trinajstić information content (AvgIpc) is 2.68. The van der Waals surface area contributed by atoms with Crippen LogP contribution in [0.15, 0.2) is 53.4 Å². The van der Waals surface area contributed by atoms with E-state index in [1.807, 2.05) is 31.2 Å². The molecule has 1 heterocycles. The number of rotatable bonds is 5. The highest BCUT2D eigenvalue weighted by Gasteiger charge is 2.29. The molecule has 3 rings (SSSR count). The fourth-order valence-electron chi connectivity index (χ4n) is 3.10. The maximum Gasteiger partial charge on any atom is 0.243 e. The summed E-state index contributed by atoms with van der Waals surface area (Å²) < 4.78 is 26.8. The smallest absolute Gasteiger partial charge is 0.243 e. The molecule has 0 atom stereocenters. The SMILES string of the molecule is Cc1ccc(CCC(=O)N2CCN(S(=O)(=O)c3ccc(Cl)cc3)CC2)cc1. The van der Waals surface area contributed by atoms with Crippen molar-refractivity contribution in [2.75, 3.05) is 26.2 Å². The van der Waals surface area contributed by atoms with Crippen molar-refractivity contribution in [3.63, 3.8) is 0 Å². The largest absolute Gasteiger partial charge is 0.340 e. The van der Waals surface area contributed by atoms with Gasteiger partial charge >= 0.3 is 0 Å². The Labute approximate surface area is 165 Å². The summed E-state index contributed by atoms with van der Waals surface area (Å²) >= 11 is 5.83. The standard InChI is InChI=1S/C20H23ClN2O3S/c1-16-2-4-17(5-3-16)6-11-20(24)22-12-14-23(15-13-22)27(25,26)19-9-7-18(21)8-10-19/h2-5,7-10H,6,11-15H2,1H3. The molecule has 144 valence electrons. The van der Waals surface area contributed by atoms with E-state index in [0.717, 1.165) is 5.56 Å². The predicted molar refractivity (Wildman–Crippen MR) is 106 cm³/mol. The Bertz CT molecular complexity index is 888. The Morgan fingerprint density at radius 3 is 2.15 bits per heavy atom. The van der Waals surface area contributed by atoms with Crippen LogP contribution in [0.1, 0.15) is 17.5 Å². The van der Waals surface area contributed by atoms with Crippen LogP contribution in [0.5, 0.6) is 0 Å². The van der Waals surface area contributed by atoms with E-state index in [4.69, 9.17) is 11.6 Å². The van der Waals surface area contributed by atoms with Gasteiger partial charge in [0.2, 0.25) is 15.9 Å². The van der Waals surface area contributed by atoms with Crippen molar-refractivity contribution in [3.8, 4) is 0 Å². The topological polar surface area (TPSA) is 57.7 Å². The van der Waals surface area contributed by atoms with Crippen molar-refractivity contribution in [1.82, 2.24) is 9.21 Å². The zero-order chi connectivity index (χ0) is 19.4. The number of aryl methyl sites for hydroxylation is 2. The first-order chi connectivity index (χ1) is 12.9. The lowest BCUT2D eigenvalue weighted by Crippen LogP contribution is -2.50. The number of hydrogen-bond acceptors (Lipinski definition) is 3. The molecular formula is C20H23ClN2O3S. The summed E-state index contributed by atoms with van der Waals surface area (Å²) in [4.78, 5) is 14.4. The molecule has 0 aliphatic carbocycles. The predicted octanol–water partition coefficient (Wildman–Crippen LogP) is 3.11. The molecule has 2 aromatic carbocycles. The van der Waals surface area contributed by atoms with Crippen LogP contribution in [0.2, 0.25) is 5.02 Å². The van der Waals surface area contributed by atoms with Crippen LogP contribution in [0.3, 0.4) is 0 Å². The summed E-state index contributed by atoms with van der Waals surface area (Å²) in [6.07, 6.45) is 1.13. The number of sulfonamides is 1. The zero-order valence-corrected chi connectivity index (χ0v) is 16.8. The molecular weight excluding hydrogens is 384 g/mol. The molecule has 0 spiro atoms. The average molecular weight is 407 g/mol. The molecule has 0 unspecified atom stereocenters. The second kappa shape index (κ2) is 8.42. The molecule has 27 heavy (non-hydrogen) atoms. The van der Waals surface area contributed by atoms with Gasteiger partial charge < -0.3 is 4.90 Å². The van der Waals surface area contributed by atoms with Crippen LogP contribution >= 0.6 is 11.6 Å². The van der Waals surface area contributed by atoms with Crippen molar-refractivity contribution in [1.29, 1.82) is 0 Å². The molecule has 1 saturated heterocycles. The number of carbonyl (C=O) groups is 1. The summed E-state index contributed by atoms with van der Waals surface area (Å²) in [7, 11) is -3.55. The van der Waals surface area contributed by atoms with Crippen LogP contribution in [-0.4, -0.2) is 49.7 Å². The van der Waals surface area contributed by atoms with E-state index >= 15 is 0 Å². The lowest BCUT2D eigenvalue weighted by molar-refractivity contribution is -0.132. The Morgan fingerprint density at radius 1 is 0.963 bits per heavy atom. The first-order valence-corrected chi connectivity index (χ1v) is 10.8. The second-order valence-electron chi connectivity index (χ2n) is 6.72. The monoisotopic (exact) mass is 406 g/mol. The van der Waals surface area contributed by atoms with E-state index in [9.17, 15) is 13.2 Å². The number of nitrogens with zero attached hydrogens (tertiary/aromatic N) is 2. The lowest BCUT2D eigenvalue weighted by Gasteiger charge is -2.34. The van der Waals surface area contributed by atoms with Gasteiger partial charge in [0.05, 0.1) is 4.90 Å². The minimum atomic E-state index is -3.55. The number of halogens is 1. The molecule has 2 aromatic rings. The second-order valence-corrected chi connectivity index (χ2v) is 9.10. The first-order valence-electron chi connectivity index (χ1n) is 8.95. The molecule has 1 fully saturated rings. The van der Waals surface area contributed by atoms with E-state index in [-0.39, 0.29) is 10.8 Å². The minimum Gasteiger partial charge on any atom is -0.340 e. The Morgan fingerprint density at radius 2 is 1.56 bits per heavy atom. The maximum atomic E-state index is 12.7. The van der Waals surface area contributed by atoms with Crippen LogP contribution in [0.25, 0.3) is 0 Å². The van der Waals surface area contributed by atoms with E-state index < -0.39 is 10.0 Å². The van der Waals surface area contributed by atoms with Crippen LogP contribution in [-0.2, 0) is 21.2 Å². The van der Waals surface area contributed by atoms with Crippen molar-refractivity contribution in [2.24, 2.45) is 0 Å². The Balaban J connectivity index is 1.54. The summed E-state index contributed by atoms with van der Waals surface area (Å²) in [6.45, 7) is 3.48. The van der Waals surface area contributed by atoms with Gasteiger partial charge in [0.25, 0.3) is 0 Å². The Hall–Kier alpha value is -1.89. The van der Waals surface area contributed by atoms with Crippen molar-refractivity contribution in [3.05, 3.63) is 64.7 Å². The number of carbonyl (C=O) groups excluding carboxylic acids is 1. The fraction of sp³-hybridized carbons (Fsp3) is 0.350. The van der Waals surface area contributed by atoms with Gasteiger partial charge in [-0.1, -0.05) is 41.4 Å². The molecule has 0 bridgehead atoms. The quantitative estimate of drug-likeness (QED) is 0.766. The highest BCUT2D eigenvalue weighted by molar-refractivity contribution is 7.89. The number of benzene rings is 2. The van der Waals surface area contributed by atoms with Crippen molar-refractivity contribution >= 4 is 27.5 Å². The third-order valence-electron chi connectivity index (χ3n) is 4.79. The normalized spacial score (nSPS) is 15.7. The minimum absolute atomic E-state index is 0.0686. The van der Waals surface area contributed by atoms with Crippen molar-refractivity contribution in [2.45, 2.75) is 24.7 Å². The summed E-state index contributed by atoms with van der Waals surface area (Å²) in [5.74, 6) is 0.0686. The summed E-state index contributed by atoms with van der Waals surface area (Å²) in [6, 6.07) is 14.3. The summed E-state index contributed by atoms with van der Waals surface area (Å²) in [5, 5.41) is 0.498. The molecule has 5 nitrogen and oxygen atoms in total. The van der Waals surface area contributed by atoms with Gasteiger partial charge in [-0.15, -0.1) is 0 Å². The van der Waals surface area contributed by atoms with Gasteiger partial charge in [0.1, 0.15) is 0 Å². The van der Waals surface area contributed by atoms with Gasteiger partial charge in [-0.2, -0.15) is 4.31 Å². The van der Waals surface area contributed by atoms with Gasteiger partial charge in [0, 0.05) is 37.6 Å². The molecule has 0 radical (unpaired) electrons. The van der Waals surface area contributed by atoms with Gasteiger partial charge in [-0.25, -0.2) is 8.42 Å². The van der Waals surface area contributed by atoms with E-state index in [2.05, 4.69) is 0 Å². The van der Waals surface area contributed by atoms with E-state index in [1.165, 1.54) is 22.0 Å². The molecule has 1 amide bonds. The van der Waals surface area contributed by atoms with Crippen LogP contribution in [0, 0.1) is 6.92 Å². The van der Waals surface area contributed by atoms with Gasteiger partial charge in [-0.3, -0.25) is 4.79 Å². The van der Waals surface area contributed by atoms with Crippen LogP contribution in [0.4, 0.5) is 0 Å². The molecule has 1 aliphatic rings. The molecule has 0 saturated carbocycles. The lowest BCUT2D eigenvalue weighted by atomic mass is 10.1. The van der Waals surface area contributed by atoms with Crippen LogP contribution < -0.4 is 0 Å². The number of hydrogen-bond donors (Lipinski definition) is 0. The highest BCUT2D eigenvalue weighted by atomic mass is 35.5. The zero-order valence-electron chi connectivity index (χ0n) is 15.3. The fourth-order valence-corrected chi connectivity index (χ4v) is 4.65. The molecule has 7 heteroatoms. The molecule has 0 N–H and O–H groups in total. The van der Waals surface area contributed by atoms with Gasteiger partial charge in [0.15, 0.2) is 0 Å². The maximum absolute atomic E-state index is 12.7. The number of amides is 1. The third-order valence-corrected chi connectivity index (χ3v) is 6.96. The number of piperazine rings is 1. The highest BCUT2D eigenvalue weighted by Crippen LogP contribution is 2.20. The Kier molecular flexibility index (Phi) is 6.19. The molecule has 0 aromatic heterocycles. The van der Waals surface area contributed by atoms with E-state index in [0.29, 0.717) is 44.0 Å². The first kappa shape index (κ1) is 19.9. The van der Waals surface area contributed by atoms with Gasteiger partial charge in [-0.05, 0) is 43.2 Å². The summed E-state index contributed by atoms with van der Waals surface area (Å²) in [5.41, 5.74) is 2.33. The van der Waals surface area contributed by atoms with E-state index in [1.54, 1.807) is 17.0 Å². The third kappa shape index (κ3) is 4.89.